The SMILES string of the molecule is Cc1cc(-c2ccccc2O[C@H](C)CC(=O)O)c(C)cc1C(=O)N1CCC(N2C(=O)C(C)(C)Oc3ncc(Cl)cc32)CC1. The number of hydrogen-bond donors (Lipinski definition) is 1. The van der Waals surface area contributed by atoms with Crippen LogP contribution in [-0.2, 0) is 9.59 Å². The fraction of sp³-hybridized carbons (Fsp3) is 0.394. The highest BCUT2D eigenvalue weighted by atomic mass is 35.5. The molecule has 0 aliphatic carbocycles. The molecular formula is C33H36ClN3O6. The van der Waals surface area contributed by atoms with Crippen molar-refractivity contribution in [2.45, 2.75) is 71.6 Å². The van der Waals surface area contributed by atoms with E-state index >= 15 is 0 Å². The Labute approximate surface area is 256 Å². The Bertz CT molecular complexity index is 1580. The van der Waals surface area contributed by atoms with Crippen LogP contribution in [-0.4, -0.2) is 63.6 Å². The molecular weight excluding hydrogens is 570 g/mol. The number of carbonyl (C=O) groups excluding carboxylic acids is 2. The molecule has 1 N–H and O–H groups in total. The number of anilines is 1. The molecule has 10 heteroatoms. The number of benzene rings is 2. The smallest absolute Gasteiger partial charge is 0.307 e. The quantitative estimate of drug-likeness (QED) is 0.348. The van der Waals surface area contributed by atoms with Crippen molar-refractivity contribution in [3.05, 3.63) is 70.4 Å². The molecule has 43 heavy (non-hydrogen) atoms. The maximum Gasteiger partial charge on any atom is 0.307 e. The Hall–Kier alpha value is -4.11. The van der Waals surface area contributed by atoms with Gasteiger partial charge in [-0.2, -0.15) is 0 Å². The van der Waals surface area contributed by atoms with Crippen LogP contribution in [0.5, 0.6) is 11.6 Å². The molecule has 2 aliphatic rings. The van der Waals surface area contributed by atoms with E-state index in [4.69, 9.17) is 26.2 Å². The summed E-state index contributed by atoms with van der Waals surface area (Å²) in [6, 6.07) is 13.0. The predicted molar refractivity (Wildman–Crippen MR) is 164 cm³/mol. The van der Waals surface area contributed by atoms with Crippen LogP contribution in [0.4, 0.5) is 5.69 Å². The topological polar surface area (TPSA) is 109 Å². The van der Waals surface area contributed by atoms with Crippen LogP contribution in [0.2, 0.25) is 5.02 Å². The first-order valence-electron chi connectivity index (χ1n) is 14.4. The van der Waals surface area contributed by atoms with Gasteiger partial charge in [0.15, 0.2) is 5.60 Å². The van der Waals surface area contributed by atoms with E-state index in [1.807, 2.05) is 55.1 Å². The summed E-state index contributed by atoms with van der Waals surface area (Å²) in [6.45, 7) is 10.1. The summed E-state index contributed by atoms with van der Waals surface area (Å²) in [5.74, 6) is -0.155. The van der Waals surface area contributed by atoms with Crippen molar-refractivity contribution in [3.8, 4) is 22.8 Å². The van der Waals surface area contributed by atoms with Crippen molar-refractivity contribution >= 4 is 35.1 Å². The number of carboxylic acid groups (broad SMARTS) is 1. The highest BCUT2D eigenvalue weighted by molar-refractivity contribution is 6.31. The van der Waals surface area contributed by atoms with E-state index in [0.717, 1.165) is 22.3 Å². The molecule has 2 aliphatic heterocycles. The van der Waals surface area contributed by atoms with Gasteiger partial charge in [-0.25, -0.2) is 4.98 Å². The van der Waals surface area contributed by atoms with Crippen molar-refractivity contribution in [1.82, 2.24) is 9.88 Å². The number of pyridine rings is 1. The van der Waals surface area contributed by atoms with Crippen LogP contribution in [0.3, 0.4) is 0 Å². The number of fused-ring (bicyclic) bond motifs is 1. The van der Waals surface area contributed by atoms with Gasteiger partial charge in [-0.3, -0.25) is 14.4 Å². The van der Waals surface area contributed by atoms with Crippen LogP contribution in [0, 0.1) is 13.8 Å². The zero-order chi connectivity index (χ0) is 31.1. The molecule has 226 valence electrons. The molecule has 0 spiro atoms. The Morgan fingerprint density at radius 1 is 1.12 bits per heavy atom. The average Bonchev–Trinajstić information content (AvgIpc) is 2.95. The molecule has 5 rings (SSSR count). The van der Waals surface area contributed by atoms with E-state index in [0.29, 0.717) is 53.8 Å². The second-order valence-electron chi connectivity index (χ2n) is 11.8. The standard InChI is InChI=1S/C33H36ClN3O6/c1-19-15-26(20(2)14-25(19)24-8-6-7-9-28(24)42-21(3)16-29(38)39)31(40)36-12-10-23(11-13-36)37-27-17-22(34)18-35-30(27)43-33(4,5)32(37)41/h6-9,14-15,17-18,21,23H,10-13,16H2,1-5H3,(H,38,39)/t21-/m1/s1. The lowest BCUT2D eigenvalue weighted by Crippen LogP contribution is -2.58. The third kappa shape index (κ3) is 6.18. The van der Waals surface area contributed by atoms with E-state index in [-0.39, 0.29) is 24.3 Å². The molecule has 1 fully saturated rings. The van der Waals surface area contributed by atoms with E-state index in [1.165, 1.54) is 6.20 Å². The first-order valence-corrected chi connectivity index (χ1v) is 14.8. The van der Waals surface area contributed by atoms with Gasteiger partial charge in [-0.15, -0.1) is 0 Å². The molecule has 1 atom stereocenters. The van der Waals surface area contributed by atoms with Crippen LogP contribution in [0.15, 0.2) is 48.7 Å². The first-order chi connectivity index (χ1) is 20.4. The van der Waals surface area contributed by atoms with E-state index < -0.39 is 17.7 Å². The lowest BCUT2D eigenvalue weighted by Gasteiger charge is -2.44. The number of amides is 2. The number of aromatic nitrogens is 1. The molecule has 3 aromatic rings. The molecule has 9 nitrogen and oxygen atoms in total. The highest BCUT2D eigenvalue weighted by Gasteiger charge is 2.45. The van der Waals surface area contributed by atoms with Gasteiger partial charge in [0.05, 0.1) is 11.4 Å². The zero-order valence-corrected chi connectivity index (χ0v) is 25.8. The monoisotopic (exact) mass is 605 g/mol. The van der Waals surface area contributed by atoms with Gasteiger partial charge in [-0.1, -0.05) is 35.9 Å². The van der Waals surface area contributed by atoms with Crippen molar-refractivity contribution < 1.29 is 29.0 Å². The number of likely N-dealkylation sites (tertiary alicyclic amines) is 1. The molecule has 1 aromatic heterocycles. The Kier molecular flexibility index (Phi) is 8.38. The van der Waals surface area contributed by atoms with Gasteiger partial charge in [0.1, 0.15) is 17.5 Å². The van der Waals surface area contributed by atoms with E-state index in [9.17, 15) is 14.4 Å². The minimum Gasteiger partial charge on any atom is -0.489 e. The first kappa shape index (κ1) is 30.4. The molecule has 1 saturated heterocycles. The molecule has 0 saturated carbocycles. The highest BCUT2D eigenvalue weighted by Crippen LogP contribution is 2.41. The van der Waals surface area contributed by atoms with Gasteiger partial charge in [-0.05, 0) is 82.3 Å². The number of para-hydroxylation sites is 1. The summed E-state index contributed by atoms with van der Waals surface area (Å²) in [7, 11) is 0. The average molecular weight is 606 g/mol. The number of carboxylic acids is 1. The van der Waals surface area contributed by atoms with Crippen molar-refractivity contribution in [2.75, 3.05) is 18.0 Å². The number of aliphatic carboxylic acids is 1. The Morgan fingerprint density at radius 2 is 1.81 bits per heavy atom. The van der Waals surface area contributed by atoms with Crippen molar-refractivity contribution in [1.29, 1.82) is 0 Å². The number of ether oxygens (including phenoxy) is 2. The minimum absolute atomic E-state index is 0.0519. The number of rotatable bonds is 7. The summed E-state index contributed by atoms with van der Waals surface area (Å²) in [5.41, 5.74) is 3.63. The molecule has 0 unspecified atom stereocenters. The summed E-state index contributed by atoms with van der Waals surface area (Å²) in [6.07, 6.45) is 2.12. The van der Waals surface area contributed by atoms with Crippen molar-refractivity contribution in [3.63, 3.8) is 0 Å². The number of halogens is 1. The molecule has 3 heterocycles. The second-order valence-corrected chi connectivity index (χ2v) is 12.2. The zero-order valence-electron chi connectivity index (χ0n) is 25.0. The molecule has 2 aromatic carbocycles. The molecule has 2 amide bonds. The second kappa shape index (κ2) is 11.9. The molecule has 0 bridgehead atoms. The minimum atomic E-state index is -1.06. The summed E-state index contributed by atoms with van der Waals surface area (Å²) >= 11 is 6.22. The molecule has 0 radical (unpaired) electrons. The largest absolute Gasteiger partial charge is 0.489 e. The lowest BCUT2D eigenvalue weighted by molar-refractivity contribution is -0.138. The van der Waals surface area contributed by atoms with E-state index in [1.54, 1.807) is 31.7 Å². The lowest BCUT2D eigenvalue weighted by atomic mass is 9.93. The number of hydrogen-bond acceptors (Lipinski definition) is 6. The number of nitrogens with zero attached hydrogens (tertiary/aromatic N) is 3. The van der Waals surface area contributed by atoms with Gasteiger partial charge in [0, 0.05) is 36.5 Å². The van der Waals surface area contributed by atoms with Gasteiger partial charge in [0.2, 0.25) is 5.88 Å². The van der Waals surface area contributed by atoms with Crippen molar-refractivity contribution in [2.24, 2.45) is 0 Å². The Balaban J connectivity index is 1.33. The summed E-state index contributed by atoms with van der Waals surface area (Å²) in [5, 5.41) is 9.56. The van der Waals surface area contributed by atoms with E-state index in [2.05, 4.69) is 4.98 Å². The summed E-state index contributed by atoms with van der Waals surface area (Å²) < 4.78 is 11.9. The number of piperidine rings is 1. The number of carbonyl (C=O) groups is 3. The van der Waals surface area contributed by atoms with Crippen LogP contribution >= 0.6 is 11.6 Å². The maximum atomic E-state index is 13.7. The van der Waals surface area contributed by atoms with Gasteiger partial charge < -0.3 is 24.4 Å². The van der Waals surface area contributed by atoms with Crippen LogP contribution in [0.25, 0.3) is 11.1 Å². The fourth-order valence-corrected chi connectivity index (χ4v) is 6.00. The summed E-state index contributed by atoms with van der Waals surface area (Å²) in [4.78, 5) is 46.2. The van der Waals surface area contributed by atoms with Gasteiger partial charge in [0.25, 0.3) is 11.8 Å². The predicted octanol–water partition coefficient (Wildman–Crippen LogP) is 6.07. The fourth-order valence-electron chi connectivity index (χ4n) is 5.85. The third-order valence-corrected chi connectivity index (χ3v) is 8.24. The third-order valence-electron chi connectivity index (χ3n) is 8.03. The maximum absolute atomic E-state index is 13.7. The van der Waals surface area contributed by atoms with Gasteiger partial charge >= 0.3 is 5.97 Å². The normalized spacial score (nSPS) is 17.2. The van der Waals surface area contributed by atoms with Crippen LogP contribution < -0.4 is 14.4 Å². The Morgan fingerprint density at radius 3 is 2.51 bits per heavy atom. The van der Waals surface area contributed by atoms with Crippen LogP contribution in [0.1, 0.15) is 61.5 Å². The number of aryl methyl sites for hydroxylation is 2.